The van der Waals surface area contributed by atoms with Crippen LogP contribution >= 0.6 is 0 Å². The second-order valence-corrected chi connectivity index (χ2v) is 6.58. The van der Waals surface area contributed by atoms with Gasteiger partial charge in [0, 0.05) is 37.6 Å². The minimum atomic E-state index is -0.463. The Morgan fingerprint density at radius 1 is 1.04 bits per heavy atom. The molecular weight excluding hydrogens is 359 g/mol. The number of likely N-dealkylation sites (tertiary alicyclic amines) is 1. The van der Waals surface area contributed by atoms with Crippen LogP contribution in [0.5, 0.6) is 11.6 Å². The predicted octanol–water partition coefficient (Wildman–Crippen LogP) is 3.82. The maximum Gasteiger partial charge on any atom is 0.272 e. The fourth-order valence-corrected chi connectivity index (χ4v) is 3.36. The van der Waals surface area contributed by atoms with Crippen LogP contribution in [0.15, 0.2) is 61.1 Å². The monoisotopic (exact) mass is 378 g/mol. The minimum Gasteiger partial charge on any atom is -0.434 e. The van der Waals surface area contributed by atoms with Crippen molar-refractivity contribution in [2.24, 2.45) is 0 Å². The van der Waals surface area contributed by atoms with Gasteiger partial charge in [-0.15, -0.1) is 0 Å². The molecule has 1 aliphatic heterocycles. The van der Waals surface area contributed by atoms with Gasteiger partial charge in [-0.1, -0.05) is 18.2 Å². The molecule has 1 aliphatic rings. The van der Waals surface area contributed by atoms with Crippen molar-refractivity contribution in [1.82, 2.24) is 19.9 Å². The second-order valence-electron chi connectivity index (χ2n) is 6.58. The van der Waals surface area contributed by atoms with E-state index in [9.17, 15) is 9.18 Å². The molecule has 6 nitrogen and oxygen atoms in total. The molecule has 2 aromatic heterocycles. The van der Waals surface area contributed by atoms with Gasteiger partial charge in [0.2, 0.25) is 5.88 Å². The third kappa shape index (κ3) is 3.83. The predicted molar refractivity (Wildman–Crippen MR) is 101 cm³/mol. The molecule has 0 aliphatic carbocycles. The fraction of sp³-hybridized carbons (Fsp3) is 0.238. The number of benzene rings is 1. The van der Waals surface area contributed by atoms with Crippen molar-refractivity contribution in [3.63, 3.8) is 0 Å². The number of carbonyl (C=O) groups is 1. The zero-order valence-electron chi connectivity index (χ0n) is 15.2. The Morgan fingerprint density at radius 2 is 1.86 bits per heavy atom. The molecule has 0 unspecified atom stereocenters. The number of amides is 1. The number of halogens is 1. The van der Waals surface area contributed by atoms with Gasteiger partial charge in [-0.2, -0.15) is 0 Å². The molecule has 0 radical (unpaired) electrons. The van der Waals surface area contributed by atoms with Crippen molar-refractivity contribution < 1.29 is 13.9 Å². The Labute approximate surface area is 162 Å². The summed E-state index contributed by atoms with van der Waals surface area (Å²) in [6, 6.07) is 11.5. The van der Waals surface area contributed by atoms with E-state index in [2.05, 4.69) is 15.0 Å². The molecule has 1 amide bonds. The molecule has 3 heterocycles. The number of carbonyl (C=O) groups excluding carboxylic acids is 1. The van der Waals surface area contributed by atoms with Crippen LogP contribution in [0.4, 0.5) is 4.39 Å². The lowest BCUT2D eigenvalue weighted by atomic mass is 9.94. The average Bonchev–Trinajstić information content (AvgIpc) is 2.76. The van der Waals surface area contributed by atoms with Crippen LogP contribution in [0.25, 0.3) is 0 Å². The van der Waals surface area contributed by atoms with Crippen LogP contribution in [0.2, 0.25) is 0 Å². The molecule has 0 bridgehead atoms. The summed E-state index contributed by atoms with van der Waals surface area (Å²) < 4.78 is 19.7. The van der Waals surface area contributed by atoms with E-state index in [4.69, 9.17) is 4.74 Å². The zero-order chi connectivity index (χ0) is 19.3. The second kappa shape index (κ2) is 8.12. The number of rotatable bonds is 4. The van der Waals surface area contributed by atoms with Gasteiger partial charge in [0.25, 0.3) is 5.91 Å². The SMILES string of the molecule is O=C(c1ccccn1)N1CCC[C@@H](c2nccnc2Oc2ccccc2F)C1. The molecule has 1 aromatic carbocycles. The Bertz CT molecular complexity index is 967. The number of aromatic nitrogens is 3. The normalized spacial score (nSPS) is 16.6. The van der Waals surface area contributed by atoms with Crippen LogP contribution in [0.3, 0.4) is 0 Å². The first-order chi connectivity index (χ1) is 13.7. The van der Waals surface area contributed by atoms with E-state index < -0.39 is 5.82 Å². The molecule has 7 heteroatoms. The Balaban J connectivity index is 1.56. The largest absolute Gasteiger partial charge is 0.434 e. The number of nitrogens with zero attached hydrogens (tertiary/aromatic N) is 4. The van der Waals surface area contributed by atoms with Crippen molar-refractivity contribution in [3.05, 3.63) is 78.3 Å². The van der Waals surface area contributed by atoms with Gasteiger partial charge in [-0.25, -0.2) is 9.37 Å². The number of para-hydroxylation sites is 1. The Morgan fingerprint density at radius 3 is 2.68 bits per heavy atom. The molecule has 142 valence electrons. The van der Waals surface area contributed by atoms with E-state index in [0.717, 1.165) is 12.8 Å². The van der Waals surface area contributed by atoms with Crippen molar-refractivity contribution in [1.29, 1.82) is 0 Å². The van der Waals surface area contributed by atoms with Gasteiger partial charge >= 0.3 is 0 Å². The van der Waals surface area contributed by atoms with Crippen LogP contribution in [-0.2, 0) is 0 Å². The van der Waals surface area contributed by atoms with Crippen LogP contribution < -0.4 is 4.74 Å². The summed E-state index contributed by atoms with van der Waals surface area (Å²) in [5.74, 6) is -0.247. The Hall–Kier alpha value is -3.35. The van der Waals surface area contributed by atoms with E-state index >= 15 is 0 Å². The van der Waals surface area contributed by atoms with E-state index in [-0.39, 0.29) is 23.5 Å². The summed E-state index contributed by atoms with van der Waals surface area (Å²) in [5, 5.41) is 0. The van der Waals surface area contributed by atoms with Crippen molar-refractivity contribution in [2.75, 3.05) is 13.1 Å². The lowest BCUT2D eigenvalue weighted by Gasteiger charge is -2.32. The lowest BCUT2D eigenvalue weighted by molar-refractivity contribution is 0.0699. The van der Waals surface area contributed by atoms with E-state index in [1.54, 1.807) is 53.7 Å². The van der Waals surface area contributed by atoms with Crippen molar-refractivity contribution >= 4 is 5.91 Å². The molecule has 28 heavy (non-hydrogen) atoms. The summed E-state index contributed by atoms with van der Waals surface area (Å²) >= 11 is 0. The van der Waals surface area contributed by atoms with Gasteiger partial charge in [-0.3, -0.25) is 14.8 Å². The summed E-state index contributed by atoms with van der Waals surface area (Å²) in [5.41, 5.74) is 1.05. The third-order valence-electron chi connectivity index (χ3n) is 4.71. The van der Waals surface area contributed by atoms with Gasteiger partial charge < -0.3 is 9.64 Å². The number of pyridine rings is 1. The zero-order valence-corrected chi connectivity index (χ0v) is 15.2. The summed E-state index contributed by atoms with van der Waals surface area (Å²) in [6.07, 6.45) is 6.39. The number of hydrogen-bond acceptors (Lipinski definition) is 5. The molecule has 4 rings (SSSR count). The fourth-order valence-electron chi connectivity index (χ4n) is 3.36. The van der Waals surface area contributed by atoms with Crippen LogP contribution in [0.1, 0.15) is 34.9 Å². The maximum atomic E-state index is 14.0. The lowest BCUT2D eigenvalue weighted by Crippen LogP contribution is -2.39. The van der Waals surface area contributed by atoms with E-state index in [1.807, 2.05) is 0 Å². The summed E-state index contributed by atoms with van der Waals surface area (Å²) in [4.78, 5) is 27.4. The van der Waals surface area contributed by atoms with Gasteiger partial charge in [0.1, 0.15) is 11.4 Å². The van der Waals surface area contributed by atoms with Crippen molar-refractivity contribution in [2.45, 2.75) is 18.8 Å². The first-order valence-electron chi connectivity index (χ1n) is 9.16. The summed E-state index contributed by atoms with van der Waals surface area (Å²) in [6.45, 7) is 1.15. The highest BCUT2D eigenvalue weighted by atomic mass is 19.1. The van der Waals surface area contributed by atoms with E-state index in [1.165, 1.54) is 12.3 Å². The van der Waals surface area contributed by atoms with E-state index in [0.29, 0.717) is 24.5 Å². The van der Waals surface area contributed by atoms with Gasteiger partial charge in [-0.05, 0) is 37.1 Å². The van der Waals surface area contributed by atoms with Gasteiger partial charge in [0.15, 0.2) is 11.6 Å². The topological polar surface area (TPSA) is 68.2 Å². The highest BCUT2D eigenvalue weighted by molar-refractivity contribution is 5.92. The minimum absolute atomic E-state index is 0.0446. The smallest absolute Gasteiger partial charge is 0.272 e. The summed E-state index contributed by atoms with van der Waals surface area (Å²) in [7, 11) is 0. The van der Waals surface area contributed by atoms with Gasteiger partial charge in [0.05, 0.1) is 0 Å². The molecule has 1 fully saturated rings. The molecule has 0 N–H and O–H groups in total. The third-order valence-corrected chi connectivity index (χ3v) is 4.71. The molecule has 1 atom stereocenters. The molecule has 1 saturated heterocycles. The quantitative estimate of drug-likeness (QED) is 0.690. The number of piperidine rings is 1. The number of ether oxygens (including phenoxy) is 1. The number of hydrogen-bond donors (Lipinski definition) is 0. The van der Waals surface area contributed by atoms with Crippen LogP contribution in [-0.4, -0.2) is 38.8 Å². The van der Waals surface area contributed by atoms with Crippen LogP contribution in [0, 0.1) is 5.82 Å². The molecular formula is C21H19FN4O2. The molecule has 3 aromatic rings. The highest BCUT2D eigenvalue weighted by Crippen LogP contribution is 2.33. The average molecular weight is 378 g/mol. The molecule has 0 saturated carbocycles. The standard InChI is InChI=1S/C21H19FN4O2/c22-16-7-1-2-9-18(16)28-20-19(24-11-12-25-20)15-6-5-13-26(14-15)21(27)17-8-3-4-10-23-17/h1-4,7-12,15H,5-6,13-14H2/t15-/m1/s1. The molecule has 0 spiro atoms. The highest BCUT2D eigenvalue weighted by Gasteiger charge is 2.29. The van der Waals surface area contributed by atoms with Crippen molar-refractivity contribution in [3.8, 4) is 11.6 Å². The first-order valence-corrected chi connectivity index (χ1v) is 9.16. The maximum absolute atomic E-state index is 14.0. The Kier molecular flexibility index (Phi) is 5.23. The first kappa shape index (κ1) is 18.0.